The zero-order valence-corrected chi connectivity index (χ0v) is 34.8. The fourth-order valence-electron chi connectivity index (χ4n) is 6.28. The van der Waals surface area contributed by atoms with Gasteiger partial charge in [0.25, 0.3) is 0 Å². The van der Waals surface area contributed by atoms with Crippen LogP contribution in [-0.2, 0) is 33.2 Å². The quantitative estimate of drug-likeness (QED) is 0.0296. The number of esters is 1. The van der Waals surface area contributed by atoms with Gasteiger partial charge in [0.05, 0.1) is 26.4 Å². The Morgan fingerprint density at radius 2 is 1.05 bits per heavy atom. The normalized spacial score (nSPS) is 28.8. The molecule has 2 fully saturated rings. The van der Waals surface area contributed by atoms with Crippen LogP contribution in [-0.4, -0.2) is 142 Å². The number of hydrogen-bond donors (Lipinski definition) is 7. The van der Waals surface area contributed by atoms with Gasteiger partial charge in [-0.05, 0) is 51.4 Å². The van der Waals surface area contributed by atoms with Gasteiger partial charge >= 0.3 is 5.97 Å². The summed E-state index contributed by atoms with van der Waals surface area (Å²) in [7, 11) is 0. The summed E-state index contributed by atoms with van der Waals surface area (Å²) in [5.41, 5.74) is 0. The van der Waals surface area contributed by atoms with Gasteiger partial charge in [-0.2, -0.15) is 0 Å². The van der Waals surface area contributed by atoms with E-state index in [1.54, 1.807) is 6.92 Å². The number of rotatable bonds is 31. The van der Waals surface area contributed by atoms with E-state index in [0.717, 1.165) is 57.8 Å². The molecule has 14 nitrogen and oxygen atoms in total. The molecule has 2 rings (SSSR count). The lowest BCUT2D eigenvalue weighted by molar-refractivity contribution is -0.332. The Kier molecular flexibility index (Phi) is 29.0. The Bertz CT molecular complexity index is 1190. The molecular formula is C44H74O14. The highest BCUT2D eigenvalue weighted by molar-refractivity contribution is 5.69. The number of unbranched alkanes of at least 4 members (excludes halogenated alkanes) is 8. The molecule has 0 radical (unpaired) electrons. The molecule has 2 heterocycles. The largest absolute Gasteiger partial charge is 0.457 e. The number of hydrogen-bond acceptors (Lipinski definition) is 14. The number of carbonyl (C=O) groups is 1. The first-order chi connectivity index (χ1) is 28.1. The van der Waals surface area contributed by atoms with E-state index in [0.29, 0.717) is 6.61 Å². The van der Waals surface area contributed by atoms with Crippen molar-refractivity contribution < 1.29 is 69.0 Å². The number of aliphatic hydroxyl groups is 7. The fraction of sp³-hybridized carbons (Fsp3) is 0.750. The lowest BCUT2D eigenvalue weighted by Gasteiger charge is -2.42. The zero-order chi connectivity index (χ0) is 42.4. The first-order valence-corrected chi connectivity index (χ1v) is 21.4. The number of allylic oxidation sites excluding steroid dienone is 10. The fourth-order valence-corrected chi connectivity index (χ4v) is 6.28. The van der Waals surface area contributed by atoms with E-state index in [4.69, 9.17) is 28.4 Å². The Morgan fingerprint density at radius 1 is 0.569 bits per heavy atom. The molecular weight excluding hydrogens is 752 g/mol. The molecule has 58 heavy (non-hydrogen) atoms. The van der Waals surface area contributed by atoms with Gasteiger partial charge in [-0.1, -0.05) is 113 Å². The minimum Gasteiger partial charge on any atom is -0.457 e. The van der Waals surface area contributed by atoms with Gasteiger partial charge in [0.15, 0.2) is 12.6 Å². The van der Waals surface area contributed by atoms with Crippen molar-refractivity contribution in [2.45, 2.75) is 178 Å². The molecule has 0 aromatic rings. The second kappa shape index (κ2) is 32.5. The third-order valence-corrected chi connectivity index (χ3v) is 9.85. The summed E-state index contributed by atoms with van der Waals surface area (Å²) in [6.45, 7) is 2.93. The van der Waals surface area contributed by atoms with Crippen LogP contribution in [0.1, 0.15) is 110 Å². The second-order valence-corrected chi connectivity index (χ2v) is 14.7. The molecule has 14 heteroatoms. The second-order valence-electron chi connectivity index (χ2n) is 14.7. The highest BCUT2D eigenvalue weighted by Gasteiger charge is 2.47. The van der Waals surface area contributed by atoms with Crippen molar-refractivity contribution in [2.75, 3.05) is 33.0 Å². The standard InChI is InChI=1S/C44H74O14/c1-3-5-6-7-8-9-10-11-12-13-14-15-16-17-18-19-20-21-22-23-24-25-26-27-28-53-30-33(56-36(46)4-2)31-54-43-42(52)40(50)38(48)35(58-43)32-55-44-41(51)39(49)37(47)34(29-45)57-44/h5-6,8-9,11-12,14-15,17-18,33-35,37-45,47-52H,3-4,7,10,13,16,19-32H2,1-2H3/b6-5-,9-8-,12-11-,15-14-,18-17-. The summed E-state index contributed by atoms with van der Waals surface area (Å²) in [5, 5.41) is 71.1. The SMILES string of the molecule is CC/C=C\C/C=C\C/C=C\C/C=C\C/C=C\CCCCCCCCCCOCC(COC1OC(COC2OC(CO)C(O)C(O)C2O)C(O)C(O)C1O)OC(=O)CC. The third-order valence-electron chi connectivity index (χ3n) is 9.85. The van der Waals surface area contributed by atoms with E-state index in [1.807, 2.05) is 0 Å². The van der Waals surface area contributed by atoms with Gasteiger partial charge in [0.2, 0.25) is 0 Å². The molecule has 0 aromatic carbocycles. The van der Waals surface area contributed by atoms with Gasteiger partial charge < -0.3 is 64.2 Å². The molecule has 2 saturated heterocycles. The summed E-state index contributed by atoms with van der Waals surface area (Å²) < 4.78 is 33.3. The van der Waals surface area contributed by atoms with E-state index < -0.39 is 86.7 Å². The van der Waals surface area contributed by atoms with Crippen molar-refractivity contribution in [3.05, 3.63) is 60.8 Å². The van der Waals surface area contributed by atoms with Gasteiger partial charge in [-0.3, -0.25) is 4.79 Å². The summed E-state index contributed by atoms with van der Waals surface area (Å²) in [6.07, 6.45) is 21.3. The number of ether oxygens (including phenoxy) is 6. The summed E-state index contributed by atoms with van der Waals surface area (Å²) >= 11 is 0. The maximum absolute atomic E-state index is 12.1. The highest BCUT2D eigenvalue weighted by Crippen LogP contribution is 2.26. The molecule has 0 bridgehead atoms. The van der Waals surface area contributed by atoms with Crippen LogP contribution in [0.4, 0.5) is 0 Å². The Labute approximate surface area is 345 Å². The Hall–Kier alpha value is -2.31. The molecule has 0 saturated carbocycles. The maximum Gasteiger partial charge on any atom is 0.305 e. The van der Waals surface area contributed by atoms with Crippen molar-refractivity contribution in [3.63, 3.8) is 0 Å². The minimum atomic E-state index is -1.70. The number of carbonyl (C=O) groups excluding carboxylic acids is 1. The van der Waals surface area contributed by atoms with Gasteiger partial charge in [0, 0.05) is 13.0 Å². The lowest BCUT2D eigenvalue weighted by Crippen LogP contribution is -2.61. The van der Waals surface area contributed by atoms with Crippen LogP contribution in [0.2, 0.25) is 0 Å². The summed E-state index contributed by atoms with van der Waals surface area (Å²) in [4.78, 5) is 12.1. The summed E-state index contributed by atoms with van der Waals surface area (Å²) in [6, 6.07) is 0. The monoisotopic (exact) mass is 827 g/mol. The van der Waals surface area contributed by atoms with Gasteiger partial charge in [-0.15, -0.1) is 0 Å². The predicted octanol–water partition coefficient (Wildman–Crippen LogP) is 4.23. The zero-order valence-electron chi connectivity index (χ0n) is 34.8. The van der Waals surface area contributed by atoms with E-state index in [-0.39, 0.29) is 19.6 Å². The molecule has 2 aliphatic heterocycles. The smallest absolute Gasteiger partial charge is 0.305 e. The van der Waals surface area contributed by atoms with Crippen LogP contribution >= 0.6 is 0 Å². The van der Waals surface area contributed by atoms with Gasteiger partial charge in [-0.25, -0.2) is 0 Å². The maximum atomic E-state index is 12.1. The van der Waals surface area contributed by atoms with Crippen molar-refractivity contribution in [2.24, 2.45) is 0 Å². The molecule has 334 valence electrons. The van der Waals surface area contributed by atoms with Crippen LogP contribution in [0, 0.1) is 0 Å². The highest BCUT2D eigenvalue weighted by atomic mass is 16.7. The third kappa shape index (κ3) is 21.3. The van der Waals surface area contributed by atoms with Crippen molar-refractivity contribution >= 4 is 5.97 Å². The van der Waals surface area contributed by atoms with E-state index >= 15 is 0 Å². The molecule has 11 atom stereocenters. The minimum absolute atomic E-state index is 0.0429. The van der Waals surface area contributed by atoms with Crippen molar-refractivity contribution in [1.29, 1.82) is 0 Å². The molecule has 11 unspecified atom stereocenters. The lowest BCUT2D eigenvalue weighted by atomic mass is 9.98. The van der Waals surface area contributed by atoms with Crippen molar-refractivity contribution in [1.82, 2.24) is 0 Å². The first kappa shape index (κ1) is 51.8. The van der Waals surface area contributed by atoms with Crippen LogP contribution in [0.15, 0.2) is 60.8 Å². The average Bonchev–Trinajstić information content (AvgIpc) is 3.22. The predicted molar refractivity (Wildman–Crippen MR) is 219 cm³/mol. The molecule has 0 aliphatic carbocycles. The van der Waals surface area contributed by atoms with E-state index in [9.17, 15) is 40.5 Å². The molecule has 0 spiro atoms. The van der Waals surface area contributed by atoms with Crippen LogP contribution in [0.3, 0.4) is 0 Å². The average molecular weight is 827 g/mol. The summed E-state index contributed by atoms with van der Waals surface area (Å²) in [5.74, 6) is -0.471. The Balaban J connectivity index is 1.57. The van der Waals surface area contributed by atoms with Gasteiger partial charge in [0.1, 0.15) is 54.9 Å². The first-order valence-electron chi connectivity index (χ1n) is 21.4. The van der Waals surface area contributed by atoms with Crippen molar-refractivity contribution in [3.8, 4) is 0 Å². The van der Waals surface area contributed by atoms with E-state index in [1.165, 1.54) is 32.1 Å². The Morgan fingerprint density at radius 3 is 1.60 bits per heavy atom. The van der Waals surface area contributed by atoms with E-state index in [2.05, 4.69) is 67.7 Å². The topological polar surface area (TPSA) is 214 Å². The van der Waals surface area contributed by atoms with Crippen LogP contribution < -0.4 is 0 Å². The van der Waals surface area contributed by atoms with Crippen LogP contribution in [0.5, 0.6) is 0 Å². The van der Waals surface area contributed by atoms with Crippen LogP contribution in [0.25, 0.3) is 0 Å². The molecule has 2 aliphatic rings. The molecule has 0 aromatic heterocycles. The number of aliphatic hydroxyl groups excluding tert-OH is 7. The molecule has 7 N–H and O–H groups in total. The molecule has 0 amide bonds.